The van der Waals surface area contributed by atoms with Gasteiger partial charge < -0.3 is 0 Å². The van der Waals surface area contributed by atoms with Crippen LogP contribution in [0.4, 0.5) is 0 Å². The molecule has 2 heterocycles. The second-order valence-corrected chi connectivity index (χ2v) is 9.78. The minimum atomic E-state index is -0.408. The average Bonchev–Trinajstić information content (AvgIpc) is 3.46. The maximum atomic E-state index is 13.2. The molecule has 1 aliphatic heterocycles. The van der Waals surface area contributed by atoms with Gasteiger partial charge in [-0.3, -0.25) is 19.8 Å². The number of fused-ring (bicyclic) bond motifs is 5. The lowest BCUT2D eigenvalue weighted by atomic mass is 9.81. The van der Waals surface area contributed by atoms with Gasteiger partial charge in [0, 0.05) is 15.8 Å². The molecule has 5 nitrogen and oxygen atoms in total. The Morgan fingerprint density at radius 2 is 1.63 bits per heavy atom. The lowest BCUT2D eigenvalue weighted by Gasteiger charge is -2.19. The molecule has 3 fully saturated rings. The largest absolute Gasteiger partial charge is 0.272 e. The Morgan fingerprint density at radius 3 is 2.20 bits per heavy atom. The van der Waals surface area contributed by atoms with Crippen LogP contribution in [0.15, 0.2) is 46.9 Å². The lowest BCUT2D eigenvalue weighted by molar-refractivity contribution is -0.143. The average molecular weight is 421 g/mol. The highest BCUT2D eigenvalue weighted by atomic mass is 32.1. The highest BCUT2D eigenvalue weighted by Gasteiger charge is 2.63. The zero-order chi connectivity index (χ0) is 21.2. The van der Waals surface area contributed by atoms with Crippen molar-refractivity contribution in [1.82, 2.24) is 10.4 Å². The van der Waals surface area contributed by atoms with E-state index in [9.17, 15) is 14.4 Å². The number of carbonyl (C=O) groups excluding carboxylic acids is 3. The fourth-order valence-electron chi connectivity index (χ4n) is 5.85. The van der Waals surface area contributed by atoms with Crippen molar-refractivity contribution in [2.45, 2.75) is 33.6 Å². The van der Waals surface area contributed by atoms with E-state index in [0.29, 0.717) is 5.56 Å². The molecule has 2 aliphatic carbocycles. The topological polar surface area (TPSA) is 66.5 Å². The number of aryl methyl sites for hydroxylation is 1. The fourth-order valence-corrected chi connectivity index (χ4v) is 6.71. The van der Waals surface area contributed by atoms with Crippen LogP contribution in [-0.2, 0) is 9.59 Å². The van der Waals surface area contributed by atoms with Crippen molar-refractivity contribution in [2.75, 3.05) is 0 Å². The molecule has 2 saturated carbocycles. The van der Waals surface area contributed by atoms with Crippen LogP contribution in [0.2, 0.25) is 0 Å². The van der Waals surface area contributed by atoms with E-state index >= 15 is 0 Å². The smallest absolute Gasteiger partial charge is 0.271 e. The number of amides is 3. The van der Waals surface area contributed by atoms with Crippen molar-refractivity contribution < 1.29 is 14.4 Å². The van der Waals surface area contributed by atoms with Crippen LogP contribution in [0.1, 0.15) is 41.9 Å². The summed E-state index contributed by atoms with van der Waals surface area (Å²) in [6.45, 7) is 6.11. The molecule has 6 heteroatoms. The van der Waals surface area contributed by atoms with Gasteiger partial charge in [-0.1, -0.05) is 41.5 Å². The Morgan fingerprint density at radius 1 is 1.03 bits per heavy atom. The number of thiophene rings is 1. The number of rotatable bonds is 3. The van der Waals surface area contributed by atoms with E-state index in [-0.39, 0.29) is 35.5 Å². The normalized spacial score (nSPS) is 27.0. The van der Waals surface area contributed by atoms with Crippen LogP contribution in [0.3, 0.4) is 0 Å². The third-order valence-electron chi connectivity index (χ3n) is 6.93. The second kappa shape index (κ2) is 6.91. The molecule has 0 unspecified atom stereocenters. The van der Waals surface area contributed by atoms with Gasteiger partial charge in [0.1, 0.15) is 0 Å². The van der Waals surface area contributed by atoms with Crippen molar-refractivity contribution in [3.05, 3.63) is 57.3 Å². The number of nitrogens with one attached hydrogen (secondary N) is 1. The number of benzene rings is 1. The van der Waals surface area contributed by atoms with Crippen LogP contribution in [0.25, 0.3) is 11.1 Å². The van der Waals surface area contributed by atoms with Gasteiger partial charge in [-0.25, -0.2) is 0 Å². The van der Waals surface area contributed by atoms with Crippen molar-refractivity contribution in [3.8, 4) is 11.1 Å². The second-order valence-electron chi connectivity index (χ2n) is 8.70. The zero-order valence-corrected chi connectivity index (χ0v) is 18.1. The van der Waals surface area contributed by atoms with Gasteiger partial charge in [-0.2, -0.15) is 5.01 Å². The van der Waals surface area contributed by atoms with Crippen LogP contribution in [0, 0.1) is 30.6 Å². The first kappa shape index (κ1) is 19.2. The number of carbonyl (C=O) groups is 3. The summed E-state index contributed by atoms with van der Waals surface area (Å²) in [4.78, 5) is 40.4. The summed E-state index contributed by atoms with van der Waals surface area (Å²) < 4.78 is 0. The molecular weight excluding hydrogens is 396 g/mol. The summed E-state index contributed by atoms with van der Waals surface area (Å²) in [5, 5.41) is 2.80. The molecule has 2 bridgehead atoms. The molecule has 3 amide bonds. The minimum Gasteiger partial charge on any atom is -0.272 e. The van der Waals surface area contributed by atoms with Crippen molar-refractivity contribution in [3.63, 3.8) is 0 Å². The van der Waals surface area contributed by atoms with E-state index in [1.807, 2.05) is 37.3 Å². The summed E-state index contributed by atoms with van der Waals surface area (Å²) >= 11 is 1.49. The number of allylic oxidation sites excluding steroid dienone is 2. The number of nitrogens with zero attached hydrogens (tertiary/aromatic N) is 1. The Kier molecular flexibility index (Phi) is 4.43. The number of hydrogen-bond acceptors (Lipinski definition) is 4. The van der Waals surface area contributed by atoms with E-state index in [1.165, 1.54) is 22.5 Å². The van der Waals surface area contributed by atoms with E-state index in [1.54, 1.807) is 5.38 Å². The quantitative estimate of drug-likeness (QED) is 0.593. The number of hydrogen-bond donors (Lipinski definition) is 1. The molecule has 154 valence electrons. The molecule has 0 radical (unpaired) electrons. The van der Waals surface area contributed by atoms with Crippen molar-refractivity contribution in [2.24, 2.45) is 23.7 Å². The van der Waals surface area contributed by atoms with Gasteiger partial charge >= 0.3 is 0 Å². The third-order valence-corrected chi connectivity index (χ3v) is 7.84. The Labute approximate surface area is 179 Å². The van der Waals surface area contributed by atoms with Gasteiger partial charge in [0.15, 0.2) is 0 Å². The minimum absolute atomic E-state index is 0.145. The molecule has 3 aliphatic rings. The van der Waals surface area contributed by atoms with E-state index in [4.69, 9.17) is 0 Å². The summed E-state index contributed by atoms with van der Waals surface area (Å²) in [5.74, 6) is -1.26. The van der Waals surface area contributed by atoms with Crippen LogP contribution in [-0.4, -0.2) is 22.7 Å². The Hall–Kier alpha value is -2.73. The lowest BCUT2D eigenvalue weighted by Crippen LogP contribution is -2.47. The molecule has 0 spiro atoms. The molecule has 30 heavy (non-hydrogen) atoms. The van der Waals surface area contributed by atoms with Gasteiger partial charge in [0.2, 0.25) is 0 Å². The van der Waals surface area contributed by atoms with Crippen LogP contribution < -0.4 is 5.43 Å². The Balaban J connectivity index is 1.43. The van der Waals surface area contributed by atoms with E-state index in [0.717, 1.165) is 33.9 Å². The van der Waals surface area contributed by atoms with Crippen molar-refractivity contribution in [1.29, 1.82) is 0 Å². The standard InChI is InChI=1S/C24H24N2O3S/c1-12(2)18-15-9-10-16(18)21-20(15)23(28)26(24(21)29)25-22(27)17-11-30-13(3)19(17)14-7-5-4-6-8-14/h4-8,11,15-16,20-21H,9-10H2,1-3H3,(H,25,27)/t15-,16-,20-,21-/m1/s1. The maximum absolute atomic E-state index is 13.2. The third kappa shape index (κ3) is 2.63. The SMILES string of the molecule is CC(C)=C1[C@H]2CC[C@H]1[C@H]1C(=O)N(NC(=O)c3csc(C)c3-c3ccccc3)C(=O)[C@@H]12. The summed E-state index contributed by atoms with van der Waals surface area (Å²) in [5.41, 5.74) is 7.47. The van der Waals surface area contributed by atoms with Crippen molar-refractivity contribution >= 4 is 29.1 Å². The van der Waals surface area contributed by atoms with E-state index in [2.05, 4.69) is 19.3 Å². The first-order valence-electron chi connectivity index (χ1n) is 10.4. The summed E-state index contributed by atoms with van der Waals surface area (Å²) in [7, 11) is 0. The van der Waals surface area contributed by atoms with Gasteiger partial charge in [0.25, 0.3) is 17.7 Å². The van der Waals surface area contributed by atoms with Crippen LogP contribution in [0.5, 0.6) is 0 Å². The fraction of sp³-hybridized carbons (Fsp3) is 0.375. The number of hydrazine groups is 1. The molecule has 1 saturated heterocycles. The maximum Gasteiger partial charge on any atom is 0.271 e. The molecule has 1 aromatic heterocycles. The van der Waals surface area contributed by atoms with Crippen LogP contribution >= 0.6 is 11.3 Å². The van der Waals surface area contributed by atoms with Gasteiger partial charge in [-0.15, -0.1) is 11.3 Å². The van der Waals surface area contributed by atoms with E-state index < -0.39 is 5.91 Å². The molecule has 4 atom stereocenters. The molecule has 1 N–H and O–H groups in total. The predicted octanol–water partition coefficient (Wildman–Crippen LogP) is 4.35. The first-order valence-corrected chi connectivity index (χ1v) is 11.3. The first-order chi connectivity index (χ1) is 14.4. The Bertz CT molecular complexity index is 1060. The summed E-state index contributed by atoms with van der Waals surface area (Å²) in [6, 6.07) is 9.71. The summed E-state index contributed by atoms with van der Waals surface area (Å²) in [6.07, 6.45) is 1.91. The zero-order valence-electron chi connectivity index (χ0n) is 17.3. The molecule has 2 aromatic rings. The number of imide groups is 1. The van der Waals surface area contributed by atoms with Gasteiger partial charge in [-0.05, 0) is 51.0 Å². The molecular formula is C24H24N2O3S. The predicted molar refractivity (Wildman–Crippen MR) is 115 cm³/mol. The highest BCUT2D eigenvalue weighted by molar-refractivity contribution is 7.10. The van der Waals surface area contributed by atoms with Gasteiger partial charge in [0.05, 0.1) is 17.4 Å². The molecule has 1 aromatic carbocycles. The monoisotopic (exact) mass is 420 g/mol. The molecule has 5 rings (SSSR count). The highest BCUT2D eigenvalue weighted by Crippen LogP contribution is 2.59.